The van der Waals surface area contributed by atoms with E-state index in [1.807, 2.05) is 32.9 Å². The third-order valence-corrected chi connectivity index (χ3v) is 2.97. The van der Waals surface area contributed by atoms with E-state index in [2.05, 4.69) is 15.3 Å². The molecule has 1 heterocycles. The second-order valence-corrected chi connectivity index (χ2v) is 5.93. The number of amides is 1. The Labute approximate surface area is 123 Å². The van der Waals surface area contributed by atoms with Crippen molar-refractivity contribution in [3.8, 4) is 11.3 Å². The molecule has 0 bridgehead atoms. The highest BCUT2D eigenvalue weighted by Gasteiger charge is 2.21. The normalized spacial score (nSPS) is 11.2. The summed E-state index contributed by atoms with van der Waals surface area (Å²) < 4.78 is 0. The van der Waals surface area contributed by atoms with Crippen LogP contribution in [0.1, 0.15) is 20.8 Å². The van der Waals surface area contributed by atoms with Crippen LogP contribution in [0, 0.1) is 5.41 Å². The molecule has 1 aromatic carbocycles. The van der Waals surface area contributed by atoms with Gasteiger partial charge in [-0.3, -0.25) is 9.78 Å². The lowest BCUT2D eigenvalue weighted by molar-refractivity contribution is -0.123. The maximum atomic E-state index is 11.8. The molecule has 0 saturated carbocycles. The Morgan fingerprint density at radius 1 is 1.10 bits per heavy atom. The van der Waals surface area contributed by atoms with E-state index in [0.717, 1.165) is 11.3 Å². The Balaban J connectivity index is 2.14. The molecule has 5 heteroatoms. The zero-order valence-corrected chi connectivity index (χ0v) is 12.4. The van der Waals surface area contributed by atoms with Crippen LogP contribution in [0.3, 0.4) is 0 Å². The topological polar surface area (TPSA) is 54.9 Å². The van der Waals surface area contributed by atoms with Crippen LogP contribution in [-0.4, -0.2) is 15.9 Å². The summed E-state index contributed by atoms with van der Waals surface area (Å²) in [6.07, 6.45) is 3.18. The van der Waals surface area contributed by atoms with E-state index in [1.165, 1.54) is 0 Å². The number of carbonyl (C=O) groups is 1. The first kappa shape index (κ1) is 14.5. The summed E-state index contributed by atoms with van der Waals surface area (Å²) in [5, 5.41) is 3.41. The molecule has 20 heavy (non-hydrogen) atoms. The fourth-order valence-electron chi connectivity index (χ4n) is 1.47. The minimum atomic E-state index is -0.462. The summed E-state index contributed by atoms with van der Waals surface area (Å²) in [6, 6.07) is 7.35. The van der Waals surface area contributed by atoms with Gasteiger partial charge >= 0.3 is 0 Å². The van der Waals surface area contributed by atoms with Gasteiger partial charge in [0.1, 0.15) is 0 Å². The van der Waals surface area contributed by atoms with E-state index >= 15 is 0 Å². The summed E-state index contributed by atoms with van der Waals surface area (Å²) in [4.78, 5) is 20.3. The van der Waals surface area contributed by atoms with Gasteiger partial charge in [0.15, 0.2) is 5.82 Å². The third-order valence-electron chi connectivity index (χ3n) is 2.71. The Morgan fingerprint density at radius 3 is 2.25 bits per heavy atom. The number of anilines is 1. The van der Waals surface area contributed by atoms with Crippen LogP contribution in [0.2, 0.25) is 5.02 Å². The zero-order chi connectivity index (χ0) is 14.8. The fraction of sp³-hybridized carbons (Fsp3) is 0.267. The molecular formula is C15H16ClN3O. The summed E-state index contributed by atoms with van der Waals surface area (Å²) >= 11 is 5.84. The number of rotatable bonds is 2. The monoisotopic (exact) mass is 289 g/mol. The van der Waals surface area contributed by atoms with Gasteiger partial charge in [0.05, 0.1) is 18.1 Å². The van der Waals surface area contributed by atoms with Gasteiger partial charge in [-0.25, -0.2) is 4.98 Å². The van der Waals surface area contributed by atoms with Crippen molar-refractivity contribution in [2.24, 2.45) is 5.41 Å². The summed E-state index contributed by atoms with van der Waals surface area (Å²) in [7, 11) is 0. The highest BCUT2D eigenvalue weighted by atomic mass is 35.5. The first-order valence-corrected chi connectivity index (χ1v) is 6.63. The Morgan fingerprint density at radius 2 is 1.75 bits per heavy atom. The van der Waals surface area contributed by atoms with Gasteiger partial charge < -0.3 is 5.32 Å². The number of hydrogen-bond acceptors (Lipinski definition) is 3. The van der Waals surface area contributed by atoms with E-state index in [0.29, 0.717) is 10.8 Å². The van der Waals surface area contributed by atoms with Crippen molar-refractivity contribution in [1.29, 1.82) is 0 Å². The zero-order valence-electron chi connectivity index (χ0n) is 11.6. The molecule has 0 fully saturated rings. The summed E-state index contributed by atoms with van der Waals surface area (Å²) in [5.74, 6) is 0.355. The van der Waals surface area contributed by atoms with Crippen molar-refractivity contribution in [2.75, 3.05) is 5.32 Å². The molecule has 0 radical (unpaired) electrons. The number of benzene rings is 1. The van der Waals surface area contributed by atoms with E-state index in [-0.39, 0.29) is 5.91 Å². The molecule has 2 rings (SSSR count). The van der Waals surface area contributed by atoms with Crippen molar-refractivity contribution in [3.63, 3.8) is 0 Å². The van der Waals surface area contributed by atoms with Gasteiger partial charge in [0.2, 0.25) is 5.91 Å². The molecule has 1 N–H and O–H groups in total. The largest absolute Gasteiger partial charge is 0.309 e. The first-order valence-electron chi connectivity index (χ1n) is 6.26. The summed E-state index contributed by atoms with van der Waals surface area (Å²) in [5.41, 5.74) is 1.20. The van der Waals surface area contributed by atoms with E-state index in [9.17, 15) is 4.79 Å². The van der Waals surface area contributed by atoms with Crippen LogP contribution in [-0.2, 0) is 4.79 Å². The van der Waals surface area contributed by atoms with Crippen molar-refractivity contribution in [2.45, 2.75) is 20.8 Å². The number of nitrogens with zero attached hydrogens (tertiary/aromatic N) is 2. The van der Waals surface area contributed by atoms with Crippen LogP contribution in [0.5, 0.6) is 0 Å². The average Bonchev–Trinajstić information content (AvgIpc) is 2.39. The number of halogens is 1. The molecule has 0 atom stereocenters. The molecule has 0 aliphatic rings. The fourth-order valence-corrected chi connectivity index (χ4v) is 1.59. The number of carbonyl (C=O) groups excluding carboxylic acids is 1. The minimum absolute atomic E-state index is 0.0916. The van der Waals surface area contributed by atoms with Gasteiger partial charge in [-0.1, -0.05) is 44.5 Å². The maximum absolute atomic E-state index is 11.8. The predicted molar refractivity (Wildman–Crippen MR) is 80.6 cm³/mol. The number of hydrogen-bond donors (Lipinski definition) is 1. The third kappa shape index (κ3) is 3.54. The summed E-state index contributed by atoms with van der Waals surface area (Å²) in [6.45, 7) is 5.54. The average molecular weight is 290 g/mol. The standard InChI is InChI=1S/C15H16ClN3O/c1-15(2,3)14(20)19-13-9-17-12(8-18-13)10-4-6-11(16)7-5-10/h4-9H,1-3H3,(H,18,19,20). The molecule has 0 aliphatic heterocycles. The van der Waals surface area contributed by atoms with Gasteiger partial charge in [-0.05, 0) is 12.1 Å². The maximum Gasteiger partial charge on any atom is 0.230 e. The molecular weight excluding hydrogens is 274 g/mol. The van der Waals surface area contributed by atoms with Crippen molar-refractivity contribution in [3.05, 3.63) is 41.7 Å². The van der Waals surface area contributed by atoms with Gasteiger partial charge in [0, 0.05) is 16.0 Å². The van der Waals surface area contributed by atoms with Crippen LogP contribution in [0.25, 0.3) is 11.3 Å². The van der Waals surface area contributed by atoms with Crippen LogP contribution in [0.4, 0.5) is 5.82 Å². The van der Waals surface area contributed by atoms with Gasteiger partial charge in [0.25, 0.3) is 0 Å². The minimum Gasteiger partial charge on any atom is -0.309 e. The SMILES string of the molecule is CC(C)(C)C(=O)Nc1cnc(-c2ccc(Cl)cc2)cn1. The van der Waals surface area contributed by atoms with Crippen molar-refractivity contribution >= 4 is 23.3 Å². The molecule has 1 aromatic heterocycles. The second kappa shape index (κ2) is 5.59. The molecule has 2 aromatic rings. The van der Waals surface area contributed by atoms with Crippen LogP contribution in [0.15, 0.2) is 36.7 Å². The van der Waals surface area contributed by atoms with E-state index in [1.54, 1.807) is 24.5 Å². The number of nitrogens with one attached hydrogen (secondary N) is 1. The van der Waals surface area contributed by atoms with Crippen molar-refractivity contribution in [1.82, 2.24) is 9.97 Å². The lowest BCUT2D eigenvalue weighted by Crippen LogP contribution is -2.28. The molecule has 0 unspecified atom stereocenters. The van der Waals surface area contributed by atoms with E-state index < -0.39 is 5.41 Å². The molecule has 0 aliphatic carbocycles. The van der Waals surface area contributed by atoms with Crippen LogP contribution >= 0.6 is 11.6 Å². The molecule has 1 amide bonds. The predicted octanol–water partition coefficient (Wildman–Crippen LogP) is 3.78. The molecule has 0 spiro atoms. The van der Waals surface area contributed by atoms with Gasteiger partial charge in [-0.15, -0.1) is 0 Å². The van der Waals surface area contributed by atoms with Crippen molar-refractivity contribution < 1.29 is 4.79 Å². The lowest BCUT2D eigenvalue weighted by atomic mass is 9.96. The Hall–Kier alpha value is -1.94. The van der Waals surface area contributed by atoms with Crippen LogP contribution < -0.4 is 5.32 Å². The smallest absolute Gasteiger partial charge is 0.230 e. The van der Waals surface area contributed by atoms with E-state index in [4.69, 9.17) is 11.6 Å². The highest BCUT2D eigenvalue weighted by molar-refractivity contribution is 6.30. The Bertz CT molecular complexity index is 601. The molecule has 0 saturated heterocycles. The second-order valence-electron chi connectivity index (χ2n) is 5.50. The highest BCUT2D eigenvalue weighted by Crippen LogP contribution is 2.20. The quantitative estimate of drug-likeness (QED) is 0.915. The first-order chi connectivity index (χ1) is 9.36. The molecule has 4 nitrogen and oxygen atoms in total. The number of aromatic nitrogens is 2. The Kier molecular flexibility index (Phi) is 4.04. The van der Waals surface area contributed by atoms with Gasteiger partial charge in [-0.2, -0.15) is 0 Å². The molecule has 104 valence electrons. The lowest BCUT2D eigenvalue weighted by Gasteiger charge is -2.16.